The summed E-state index contributed by atoms with van der Waals surface area (Å²) < 4.78 is 41.8. The zero-order valence-electron chi connectivity index (χ0n) is 10.7. The van der Waals surface area contributed by atoms with Crippen molar-refractivity contribution >= 4 is 5.69 Å². The van der Waals surface area contributed by atoms with Crippen molar-refractivity contribution < 1.29 is 17.6 Å². The summed E-state index contributed by atoms with van der Waals surface area (Å²) in [4.78, 5) is 0. The smallest absolute Gasteiger partial charge is 0.413 e. The third-order valence-electron chi connectivity index (χ3n) is 2.40. The molecule has 2 aromatic rings. The van der Waals surface area contributed by atoms with Crippen molar-refractivity contribution in [2.45, 2.75) is 6.18 Å². The Morgan fingerprint density at radius 3 is 2.55 bits per heavy atom. The van der Waals surface area contributed by atoms with E-state index in [9.17, 15) is 13.2 Å². The number of hydrogen-bond donors (Lipinski definition) is 1. The van der Waals surface area contributed by atoms with Gasteiger partial charge in [-0.15, -0.1) is 10.2 Å². The molecular formula is C13H6F3N5O. The predicted molar refractivity (Wildman–Crippen MR) is 67.7 cm³/mol. The molecule has 6 nitrogen and oxygen atoms in total. The molecule has 0 aliphatic carbocycles. The van der Waals surface area contributed by atoms with Crippen molar-refractivity contribution in [1.29, 1.82) is 10.5 Å². The normalized spacial score (nSPS) is 10.4. The first kappa shape index (κ1) is 15.1. The third-order valence-corrected chi connectivity index (χ3v) is 2.40. The van der Waals surface area contributed by atoms with E-state index in [0.29, 0.717) is 5.69 Å². The monoisotopic (exact) mass is 305 g/mol. The van der Waals surface area contributed by atoms with Crippen LogP contribution in [0, 0.1) is 22.7 Å². The second-order valence-corrected chi connectivity index (χ2v) is 3.92. The molecule has 0 bridgehead atoms. The zero-order valence-corrected chi connectivity index (χ0v) is 10.7. The fourth-order valence-corrected chi connectivity index (χ4v) is 1.44. The van der Waals surface area contributed by atoms with E-state index in [1.807, 2.05) is 0 Å². The Morgan fingerprint density at radius 1 is 1.23 bits per heavy atom. The molecule has 1 aromatic carbocycles. The van der Waals surface area contributed by atoms with Gasteiger partial charge >= 0.3 is 12.1 Å². The topological polar surface area (TPSA) is 98.5 Å². The van der Waals surface area contributed by atoms with Gasteiger partial charge in [0.1, 0.15) is 17.7 Å². The number of allylic oxidation sites excluding steroid dienone is 1. The van der Waals surface area contributed by atoms with Gasteiger partial charge in [0.15, 0.2) is 0 Å². The van der Waals surface area contributed by atoms with Crippen molar-refractivity contribution in [2.24, 2.45) is 0 Å². The summed E-state index contributed by atoms with van der Waals surface area (Å²) in [6.45, 7) is 0. The van der Waals surface area contributed by atoms with Gasteiger partial charge in [0, 0.05) is 17.5 Å². The molecule has 110 valence electrons. The summed E-state index contributed by atoms with van der Waals surface area (Å²) in [5.74, 6) is -1.72. The molecule has 1 aromatic heterocycles. The summed E-state index contributed by atoms with van der Waals surface area (Å²) >= 11 is 0. The van der Waals surface area contributed by atoms with Gasteiger partial charge in [0.05, 0.1) is 0 Å². The lowest BCUT2D eigenvalue weighted by atomic mass is 10.2. The molecule has 0 unspecified atom stereocenters. The summed E-state index contributed by atoms with van der Waals surface area (Å²) in [6, 6.07) is 9.38. The van der Waals surface area contributed by atoms with Gasteiger partial charge in [-0.25, -0.2) is 0 Å². The van der Waals surface area contributed by atoms with Crippen LogP contribution in [-0.4, -0.2) is 10.2 Å². The molecule has 2 rings (SSSR count). The lowest BCUT2D eigenvalue weighted by Gasteiger charge is -2.02. The van der Waals surface area contributed by atoms with E-state index in [4.69, 9.17) is 10.5 Å². The maximum atomic E-state index is 12.4. The SMILES string of the molecule is N#CC(C#N)=CNc1cccc(-c2nnc(C(F)(F)F)o2)c1. The van der Waals surface area contributed by atoms with E-state index in [2.05, 4.69) is 19.9 Å². The van der Waals surface area contributed by atoms with Gasteiger partial charge < -0.3 is 9.73 Å². The highest BCUT2D eigenvalue weighted by Gasteiger charge is 2.38. The summed E-state index contributed by atoms with van der Waals surface area (Å²) in [5, 5.41) is 26.1. The van der Waals surface area contributed by atoms with E-state index in [0.717, 1.165) is 0 Å². The molecule has 22 heavy (non-hydrogen) atoms. The number of halogens is 3. The van der Waals surface area contributed by atoms with Crippen LogP contribution in [0.2, 0.25) is 0 Å². The Morgan fingerprint density at radius 2 is 1.95 bits per heavy atom. The number of aromatic nitrogens is 2. The van der Waals surface area contributed by atoms with Crippen LogP contribution in [0.3, 0.4) is 0 Å². The van der Waals surface area contributed by atoms with Gasteiger partial charge in [-0.3, -0.25) is 0 Å². The first-order valence-corrected chi connectivity index (χ1v) is 5.72. The minimum Gasteiger partial charge on any atom is -0.413 e. The molecule has 0 saturated carbocycles. The first-order valence-electron chi connectivity index (χ1n) is 5.72. The number of nitriles is 2. The highest BCUT2D eigenvalue weighted by molar-refractivity contribution is 5.62. The zero-order chi connectivity index (χ0) is 16.2. The van der Waals surface area contributed by atoms with Crippen LogP contribution < -0.4 is 5.32 Å². The molecule has 0 amide bonds. The molecule has 1 N–H and O–H groups in total. The molecule has 0 atom stereocenters. The molecule has 0 fully saturated rings. The molecule has 0 saturated heterocycles. The van der Waals surface area contributed by atoms with Crippen molar-refractivity contribution in [3.05, 3.63) is 41.9 Å². The predicted octanol–water partition coefficient (Wildman–Crippen LogP) is 3.10. The van der Waals surface area contributed by atoms with Crippen molar-refractivity contribution in [1.82, 2.24) is 10.2 Å². The maximum Gasteiger partial charge on any atom is 0.470 e. The highest BCUT2D eigenvalue weighted by Crippen LogP contribution is 2.30. The average Bonchev–Trinajstić information content (AvgIpc) is 2.99. The van der Waals surface area contributed by atoms with E-state index in [1.165, 1.54) is 18.3 Å². The number of anilines is 1. The fourth-order valence-electron chi connectivity index (χ4n) is 1.44. The number of alkyl halides is 3. The second-order valence-electron chi connectivity index (χ2n) is 3.92. The minimum atomic E-state index is -4.71. The number of nitrogens with zero attached hydrogens (tertiary/aromatic N) is 4. The molecule has 0 spiro atoms. The molecular weight excluding hydrogens is 299 g/mol. The standard InChI is InChI=1S/C13H6F3N5O/c14-13(15,16)12-21-20-11(22-12)9-2-1-3-10(4-9)19-7-8(5-17)6-18/h1-4,7,19H. The second kappa shape index (κ2) is 5.97. The van der Waals surface area contributed by atoms with E-state index in [-0.39, 0.29) is 17.0 Å². The van der Waals surface area contributed by atoms with Gasteiger partial charge in [0.25, 0.3) is 0 Å². The lowest BCUT2D eigenvalue weighted by molar-refractivity contribution is -0.156. The van der Waals surface area contributed by atoms with Crippen molar-refractivity contribution in [2.75, 3.05) is 5.32 Å². The quantitative estimate of drug-likeness (QED) is 0.875. The van der Waals surface area contributed by atoms with Crippen LogP contribution >= 0.6 is 0 Å². The van der Waals surface area contributed by atoms with Crippen LogP contribution in [0.1, 0.15) is 5.89 Å². The maximum absolute atomic E-state index is 12.4. The van der Waals surface area contributed by atoms with Crippen molar-refractivity contribution in [3.8, 4) is 23.6 Å². The Balaban J connectivity index is 2.26. The summed E-state index contributed by atoms with van der Waals surface area (Å²) in [7, 11) is 0. The number of rotatable bonds is 3. The van der Waals surface area contributed by atoms with Crippen LogP contribution in [0.25, 0.3) is 11.5 Å². The fraction of sp³-hybridized carbons (Fsp3) is 0.0769. The Kier molecular flexibility index (Phi) is 4.09. The number of nitrogens with one attached hydrogen (secondary N) is 1. The number of benzene rings is 1. The van der Waals surface area contributed by atoms with Crippen LogP contribution in [0.4, 0.5) is 18.9 Å². The Hall–Kier alpha value is -3.33. The Labute approximate surface area is 122 Å². The van der Waals surface area contributed by atoms with E-state index < -0.39 is 12.1 Å². The minimum absolute atomic E-state index is 0.150. The van der Waals surface area contributed by atoms with Gasteiger partial charge in [0.2, 0.25) is 5.89 Å². The highest BCUT2D eigenvalue weighted by atomic mass is 19.4. The molecule has 0 aliphatic heterocycles. The molecule has 0 aliphatic rings. The van der Waals surface area contributed by atoms with Crippen LogP contribution in [0.5, 0.6) is 0 Å². The first-order chi connectivity index (χ1) is 10.4. The third kappa shape index (κ3) is 3.41. The van der Waals surface area contributed by atoms with Gasteiger partial charge in [-0.1, -0.05) is 6.07 Å². The van der Waals surface area contributed by atoms with Crippen LogP contribution in [-0.2, 0) is 6.18 Å². The average molecular weight is 305 g/mol. The van der Waals surface area contributed by atoms with Gasteiger partial charge in [-0.2, -0.15) is 23.7 Å². The van der Waals surface area contributed by atoms with Gasteiger partial charge in [-0.05, 0) is 18.2 Å². The molecule has 1 heterocycles. The van der Waals surface area contributed by atoms with E-state index >= 15 is 0 Å². The summed E-state index contributed by atoms with van der Waals surface area (Å²) in [5.41, 5.74) is 0.548. The van der Waals surface area contributed by atoms with Crippen molar-refractivity contribution in [3.63, 3.8) is 0 Å². The molecule has 0 radical (unpaired) electrons. The van der Waals surface area contributed by atoms with Crippen LogP contribution in [0.15, 0.2) is 40.5 Å². The Bertz CT molecular complexity index is 779. The number of hydrogen-bond acceptors (Lipinski definition) is 6. The lowest BCUT2D eigenvalue weighted by Crippen LogP contribution is -2.04. The summed E-state index contributed by atoms with van der Waals surface area (Å²) in [6.07, 6.45) is -3.54. The molecule has 9 heteroatoms. The van der Waals surface area contributed by atoms with E-state index in [1.54, 1.807) is 24.3 Å². The largest absolute Gasteiger partial charge is 0.470 e.